The Bertz CT molecular complexity index is 225. The molecule has 2 nitrogen and oxygen atoms in total. The number of carbonyl (C=O) groups excluding carboxylic acids is 1. The van der Waals surface area contributed by atoms with Crippen LogP contribution in [-0.2, 0) is 4.79 Å². The molecule has 0 aromatic carbocycles. The first-order valence-corrected chi connectivity index (χ1v) is 6.99. The zero-order valence-corrected chi connectivity index (χ0v) is 11.3. The summed E-state index contributed by atoms with van der Waals surface area (Å²) in [6.45, 7) is 5.85. The van der Waals surface area contributed by atoms with Gasteiger partial charge in [-0.15, -0.1) is 23.4 Å². The Labute approximate surface area is 102 Å². The second kappa shape index (κ2) is 5.44. The molecular formula is C11H20ClNOS. The van der Waals surface area contributed by atoms with Crippen LogP contribution in [0.5, 0.6) is 0 Å². The number of amides is 1. The van der Waals surface area contributed by atoms with Gasteiger partial charge in [0.15, 0.2) is 0 Å². The van der Waals surface area contributed by atoms with E-state index in [2.05, 4.69) is 5.32 Å². The summed E-state index contributed by atoms with van der Waals surface area (Å²) in [5.74, 6) is 1.26. The molecule has 2 unspecified atom stereocenters. The lowest BCUT2D eigenvalue weighted by atomic mass is 10.0. The zero-order chi connectivity index (χ0) is 11.5. The van der Waals surface area contributed by atoms with E-state index in [9.17, 15) is 4.79 Å². The lowest BCUT2D eigenvalue weighted by Crippen LogP contribution is -2.52. The average molecular weight is 250 g/mol. The molecular weight excluding hydrogens is 230 g/mol. The van der Waals surface area contributed by atoms with Crippen LogP contribution in [0.25, 0.3) is 0 Å². The molecule has 0 bridgehead atoms. The van der Waals surface area contributed by atoms with Gasteiger partial charge in [0, 0.05) is 0 Å². The van der Waals surface area contributed by atoms with E-state index < -0.39 is 0 Å². The van der Waals surface area contributed by atoms with Gasteiger partial charge in [0.25, 0.3) is 0 Å². The molecule has 0 spiro atoms. The van der Waals surface area contributed by atoms with Gasteiger partial charge in [-0.3, -0.25) is 4.79 Å². The van der Waals surface area contributed by atoms with E-state index >= 15 is 0 Å². The van der Waals surface area contributed by atoms with Crippen molar-refractivity contribution in [1.29, 1.82) is 0 Å². The van der Waals surface area contributed by atoms with Gasteiger partial charge in [-0.1, -0.05) is 6.42 Å². The van der Waals surface area contributed by atoms with Crippen molar-refractivity contribution < 1.29 is 4.79 Å². The minimum atomic E-state index is -0.323. The molecule has 0 aliphatic carbocycles. The van der Waals surface area contributed by atoms with Gasteiger partial charge in [0.05, 0.1) is 16.2 Å². The van der Waals surface area contributed by atoms with Gasteiger partial charge in [-0.05, 0) is 39.4 Å². The van der Waals surface area contributed by atoms with Gasteiger partial charge >= 0.3 is 0 Å². The van der Waals surface area contributed by atoms with Crippen LogP contribution in [-0.4, -0.2) is 27.8 Å². The molecule has 0 saturated carbocycles. The minimum Gasteiger partial charge on any atom is -0.349 e. The molecule has 2 atom stereocenters. The largest absolute Gasteiger partial charge is 0.349 e. The van der Waals surface area contributed by atoms with Crippen molar-refractivity contribution in [3.05, 3.63) is 0 Å². The smallest absolute Gasteiger partial charge is 0.233 e. The molecule has 1 saturated heterocycles. The molecule has 15 heavy (non-hydrogen) atoms. The maximum Gasteiger partial charge on any atom is 0.233 e. The molecule has 1 heterocycles. The van der Waals surface area contributed by atoms with Crippen LogP contribution in [0.3, 0.4) is 0 Å². The molecule has 1 rings (SSSR count). The maximum absolute atomic E-state index is 11.9. The van der Waals surface area contributed by atoms with Crippen molar-refractivity contribution in [2.24, 2.45) is 0 Å². The Hall–Kier alpha value is 0.110. The molecule has 1 N–H and O–H groups in total. The highest BCUT2D eigenvalue weighted by molar-refractivity contribution is 8.00. The predicted molar refractivity (Wildman–Crippen MR) is 67.6 cm³/mol. The number of rotatable bonds is 3. The van der Waals surface area contributed by atoms with Crippen LogP contribution in [0.2, 0.25) is 0 Å². The lowest BCUT2D eigenvalue weighted by Gasteiger charge is -2.31. The summed E-state index contributed by atoms with van der Waals surface area (Å²) < 4.78 is 0. The van der Waals surface area contributed by atoms with Crippen LogP contribution >= 0.6 is 23.4 Å². The summed E-state index contributed by atoms with van der Waals surface area (Å²) in [6, 6.07) is 0. The van der Waals surface area contributed by atoms with Crippen molar-refractivity contribution in [2.75, 3.05) is 5.75 Å². The van der Waals surface area contributed by atoms with E-state index in [4.69, 9.17) is 11.6 Å². The van der Waals surface area contributed by atoms with Gasteiger partial charge < -0.3 is 5.32 Å². The number of halogens is 1. The Morgan fingerprint density at radius 3 is 2.67 bits per heavy atom. The summed E-state index contributed by atoms with van der Waals surface area (Å²) in [7, 11) is 0. The highest BCUT2D eigenvalue weighted by Crippen LogP contribution is 2.26. The van der Waals surface area contributed by atoms with Crippen molar-refractivity contribution in [1.82, 2.24) is 5.32 Å². The van der Waals surface area contributed by atoms with E-state index in [-0.39, 0.29) is 22.1 Å². The lowest BCUT2D eigenvalue weighted by molar-refractivity contribution is -0.122. The molecule has 1 fully saturated rings. The first-order valence-electron chi connectivity index (χ1n) is 5.51. The van der Waals surface area contributed by atoms with Gasteiger partial charge in [-0.25, -0.2) is 0 Å². The number of carbonyl (C=O) groups is 1. The summed E-state index contributed by atoms with van der Waals surface area (Å²) in [5.41, 5.74) is -0.323. The molecule has 0 aromatic rings. The van der Waals surface area contributed by atoms with E-state index in [1.165, 1.54) is 12.8 Å². The topological polar surface area (TPSA) is 29.1 Å². The van der Waals surface area contributed by atoms with Gasteiger partial charge in [0.1, 0.15) is 0 Å². The fraction of sp³-hybridized carbons (Fsp3) is 0.909. The molecule has 0 aromatic heterocycles. The third-order valence-electron chi connectivity index (χ3n) is 2.91. The van der Waals surface area contributed by atoms with Crippen LogP contribution < -0.4 is 5.32 Å². The van der Waals surface area contributed by atoms with Gasteiger partial charge in [-0.2, -0.15) is 0 Å². The van der Waals surface area contributed by atoms with E-state index in [0.717, 1.165) is 12.2 Å². The zero-order valence-electron chi connectivity index (χ0n) is 9.68. The minimum absolute atomic E-state index is 0.0601. The predicted octanol–water partition coefficient (Wildman–Crippen LogP) is 2.79. The molecule has 0 radical (unpaired) electrons. The van der Waals surface area contributed by atoms with Crippen LogP contribution in [0.1, 0.15) is 40.0 Å². The number of thioether (sulfide) groups is 1. The summed E-state index contributed by atoms with van der Waals surface area (Å²) in [6.07, 6.45) is 3.41. The first kappa shape index (κ1) is 13.2. The van der Waals surface area contributed by atoms with Crippen LogP contribution in [0.15, 0.2) is 0 Å². The Kier molecular flexibility index (Phi) is 4.78. The highest BCUT2D eigenvalue weighted by atomic mass is 35.5. The number of nitrogens with one attached hydrogen (secondary N) is 1. The first-order chi connectivity index (χ1) is 6.93. The van der Waals surface area contributed by atoms with Crippen molar-refractivity contribution in [3.8, 4) is 0 Å². The standard InChI is InChI=1S/C11H20ClNOS/c1-8(12)11(2,3)13-10(14)9-6-4-5-7-15-9/h8-9H,4-7H2,1-3H3,(H,13,14). The van der Waals surface area contributed by atoms with E-state index in [1.807, 2.05) is 20.8 Å². The normalized spacial score (nSPS) is 24.7. The Balaban J connectivity index is 2.47. The summed E-state index contributed by atoms with van der Waals surface area (Å²) in [5, 5.41) is 3.11. The molecule has 1 aliphatic rings. The molecule has 88 valence electrons. The second-order valence-corrected chi connectivity index (χ2v) is 6.65. The molecule has 4 heteroatoms. The SMILES string of the molecule is CC(Cl)C(C)(C)NC(=O)C1CCCCS1. The maximum atomic E-state index is 11.9. The van der Waals surface area contributed by atoms with Gasteiger partial charge in [0.2, 0.25) is 5.91 Å². The number of hydrogen-bond acceptors (Lipinski definition) is 2. The second-order valence-electron chi connectivity index (χ2n) is 4.68. The number of alkyl halides is 1. The van der Waals surface area contributed by atoms with E-state index in [0.29, 0.717) is 0 Å². The highest BCUT2D eigenvalue weighted by Gasteiger charge is 2.30. The molecule has 1 amide bonds. The Morgan fingerprint density at radius 1 is 1.53 bits per heavy atom. The average Bonchev–Trinajstić information content (AvgIpc) is 2.18. The molecule has 1 aliphatic heterocycles. The monoisotopic (exact) mass is 249 g/mol. The number of hydrogen-bond donors (Lipinski definition) is 1. The summed E-state index contributed by atoms with van der Waals surface area (Å²) >= 11 is 7.80. The quantitative estimate of drug-likeness (QED) is 0.780. The summed E-state index contributed by atoms with van der Waals surface area (Å²) in [4.78, 5) is 11.9. The van der Waals surface area contributed by atoms with Crippen LogP contribution in [0, 0.1) is 0 Å². The third kappa shape index (κ3) is 3.87. The van der Waals surface area contributed by atoms with E-state index in [1.54, 1.807) is 11.8 Å². The van der Waals surface area contributed by atoms with Crippen LogP contribution in [0.4, 0.5) is 0 Å². The fourth-order valence-electron chi connectivity index (χ4n) is 1.44. The van der Waals surface area contributed by atoms with Crippen molar-refractivity contribution in [2.45, 2.75) is 56.2 Å². The third-order valence-corrected chi connectivity index (χ3v) is 4.83. The van der Waals surface area contributed by atoms with Crippen molar-refractivity contribution >= 4 is 29.3 Å². The Morgan fingerprint density at radius 2 is 2.20 bits per heavy atom. The fourth-order valence-corrected chi connectivity index (χ4v) is 2.70. The van der Waals surface area contributed by atoms with Crippen molar-refractivity contribution in [3.63, 3.8) is 0 Å².